The molecular formula is C19H27N3O5S. The number of nitrogens with one attached hydrogen (secondary N) is 1. The molecule has 0 radical (unpaired) electrons. The Morgan fingerprint density at radius 3 is 2.75 bits per heavy atom. The molecule has 2 heterocycles. The maximum atomic E-state index is 13.4. The van der Waals surface area contributed by atoms with E-state index >= 15 is 0 Å². The van der Waals surface area contributed by atoms with Crippen LogP contribution in [0.1, 0.15) is 18.9 Å². The third-order valence-corrected chi connectivity index (χ3v) is 7.17. The molecule has 1 aromatic carbocycles. The summed E-state index contributed by atoms with van der Waals surface area (Å²) in [6, 6.07) is 7.45. The van der Waals surface area contributed by atoms with Crippen LogP contribution in [0, 0.1) is 5.41 Å². The van der Waals surface area contributed by atoms with Gasteiger partial charge in [-0.15, -0.1) is 0 Å². The molecule has 2 aliphatic rings. The Kier molecular flexibility index (Phi) is 5.95. The van der Waals surface area contributed by atoms with E-state index < -0.39 is 15.4 Å². The number of nitrogens with zero attached hydrogens (tertiary/aromatic N) is 2. The largest absolute Gasteiger partial charge is 0.497 e. The van der Waals surface area contributed by atoms with E-state index in [0.717, 1.165) is 5.56 Å². The van der Waals surface area contributed by atoms with Gasteiger partial charge in [0.15, 0.2) is 0 Å². The molecule has 0 unspecified atom stereocenters. The van der Waals surface area contributed by atoms with Gasteiger partial charge in [0, 0.05) is 26.2 Å². The summed E-state index contributed by atoms with van der Waals surface area (Å²) in [5.74, 6) is 0.351. The molecule has 2 saturated heterocycles. The van der Waals surface area contributed by atoms with Crippen LogP contribution < -0.4 is 10.1 Å². The minimum atomic E-state index is -3.36. The average Bonchev–Trinajstić information content (AvgIpc) is 2.88. The fraction of sp³-hybridized carbons (Fsp3) is 0.579. The molecule has 1 aromatic rings. The highest BCUT2D eigenvalue weighted by molar-refractivity contribution is 7.89. The topological polar surface area (TPSA) is 96.0 Å². The van der Waals surface area contributed by atoms with Crippen LogP contribution in [0.5, 0.6) is 5.75 Å². The Morgan fingerprint density at radius 2 is 2.07 bits per heavy atom. The number of carbonyl (C=O) groups is 2. The lowest BCUT2D eigenvalue weighted by Gasteiger charge is -2.49. The number of methoxy groups -OCH3 is 1. The maximum Gasteiger partial charge on any atom is 0.239 e. The van der Waals surface area contributed by atoms with Crippen molar-refractivity contribution in [1.82, 2.24) is 14.5 Å². The van der Waals surface area contributed by atoms with Gasteiger partial charge in [-0.3, -0.25) is 9.59 Å². The van der Waals surface area contributed by atoms with Crippen molar-refractivity contribution in [3.8, 4) is 5.75 Å². The Morgan fingerprint density at radius 1 is 1.32 bits per heavy atom. The van der Waals surface area contributed by atoms with Gasteiger partial charge >= 0.3 is 0 Å². The summed E-state index contributed by atoms with van der Waals surface area (Å²) >= 11 is 0. The van der Waals surface area contributed by atoms with E-state index in [4.69, 9.17) is 4.74 Å². The van der Waals surface area contributed by atoms with Gasteiger partial charge in [0.1, 0.15) is 5.75 Å². The van der Waals surface area contributed by atoms with Crippen LogP contribution >= 0.6 is 0 Å². The SMILES string of the molecule is CCS(=O)(=O)N1CC(Cc2cccc(OC)c2)(C(=O)N2CCCNC(=O)C2)C1. The van der Waals surface area contributed by atoms with Crippen molar-refractivity contribution < 1.29 is 22.7 Å². The molecule has 0 bridgehead atoms. The summed E-state index contributed by atoms with van der Waals surface area (Å²) in [4.78, 5) is 26.9. The maximum absolute atomic E-state index is 13.4. The number of carbonyl (C=O) groups excluding carboxylic acids is 2. The van der Waals surface area contributed by atoms with E-state index in [1.807, 2.05) is 24.3 Å². The van der Waals surface area contributed by atoms with Crippen molar-refractivity contribution in [3.05, 3.63) is 29.8 Å². The molecule has 0 aliphatic carbocycles. The highest BCUT2D eigenvalue weighted by Gasteiger charge is 2.54. The molecule has 1 N–H and O–H groups in total. The van der Waals surface area contributed by atoms with Crippen molar-refractivity contribution >= 4 is 21.8 Å². The fourth-order valence-electron chi connectivity index (χ4n) is 3.82. The van der Waals surface area contributed by atoms with Crippen LogP contribution in [0.2, 0.25) is 0 Å². The number of sulfonamides is 1. The van der Waals surface area contributed by atoms with Crippen LogP contribution in [0.15, 0.2) is 24.3 Å². The van der Waals surface area contributed by atoms with Crippen molar-refractivity contribution in [3.63, 3.8) is 0 Å². The van der Waals surface area contributed by atoms with Gasteiger partial charge in [-0.2, -0.15) is 4.31 Å². The van der Waals surface area contributed by atoms with Crippen molar-refractivity contribution in [2.75, 3.05) is 45.6 Å². The van der Waals surface area contributed by atoms with E-state index in [1.165, 1.54) is 4.31 Å². The summed E-state index contributed by atoms with van der Waals surface area (Å²) in [5, 5.41) is 2.77. The van der Waals surface area contributed by atoms with Gasteiger partial charge in [-0.05, 0) is 37.5 Å². The van der Waals surface area contributed by atoms with Crippen molar-refractivity contribution in [2.45, 2.75) is 19.8 Å². The molecule has 154 valence electrons. The van der Waals surface area contributed by atoms with Gasteiger partial charge in [-0.1, -0.05) is 12.1 Å². The molecule has 2 amide bonds. The van der Waals surface area contributed by atoms with Gasteiger partial charge in [0.25, 0.3) is 0 Å². The Hall–Kier alpha value is -2.13. The quantitative estimate of drug-likeness (QED) is 0.726. The lowest BCUT2D eigenvalue weighted by molar-refractivity contribution is -0.150. The molecule has 0 saturated carbocycles. The minimum absolute atomic E-state index is 0.00253. The van der Waals surface area contributed by atoms with Gasteiger partial charge in [0.2, 0.25) is 21.8 Å². The number of ether oxygens (including phenoxy) is 1. The first kappa shape index (κ1) is 20.6. The van der Waals surface area contributed by atoms with E-state index in [-0.39, 0.29) is 37.2 Å². The molecule has 9 heteroatoms. The average molecular weight is 410 g/mol. The molecule has 0 spiro atoms. The van der Waals surface area contributed by atoms with Crippen LogP contribution in [-0.2, 0) is 26.0 Å². The Balaban J connectivity index is 1.86. The molecular weight excluding hydrogens is 382 g/mol. The molecule has 2 fully saturated rings. The van der Waals surface area contributed by atoms with Crippen molar-refractivity contribution in [2.24, 2.45) is 5.41 Å². The second kappa shape index (κ2) is 8.08. The standard InChI is InChI=1S/C19H27N3O5S/c1-3-28(25,26)22-13-19(14-22,11-15-6-4-7-16(10-15)27-2)18(24)21-9-5-8-20-17(23)12-21/h4,6-7,10H,3,5,8-9,11-14H2,1-2H3,(H,20,23). The number of hydrogen-bond donors (Lipinski definition) is 1. The highest BCUT2D eigenvalue weighted by atomic mass is 32.2. The summed E-state index contributed by atoms with van der Waals surface area (Å²) in [6.07, 6.45) is 1.08. The smallest absolute Gasteiger partial charge is 0.239 e. The zero-order valence-corrected chi connectivity index (χ0v) is 17.1. The number of rotatable bonds is 6. The normalized spacial score (nSPS) is 20.1. The zero-order valence-electron chi connectivity index (χ0n) is 16.3. The zero-order chi connectivity index (χ0) is 20.4. The molecule has 28 heavy (non-hydrogen) atoms. The summed E-state index contributed by atoms with van der Waals surface area (Å²) in [5.41, 5.74) is 0.0414. The van der Waals surface area contributed by atoms with Crippen molar-refractivity contribution in [1.29, 1.82) is 0 Å². The predicted molar refractivity (Wildman–Crippen MR) is 104 cm³/mol. The molecule has 0 atom stereocenters. The number of hydrogen-bond acceptors (Lipinski definition) is 5. The Bertz CT molecular complexity index is 849. The van der Waals surface area contributed by atoms with Gasteiger partial charge < -0.3 is 15.0 Å². The first-order valence-electron chi connectivity index (χ1n) is 9.46. The second-order valence-electron chi connectivity index (χ2n) is 7.41. The number of amides is 2. The highest BCUT2D eigenvalue weighted by Crippen LogP contribution is 2.38. The summed E-state index contributed by atoms with van der Waals surface area (Å²) in [7, 11) is -1.78. The first-order valence-corrected chi connectivity index (χ1v) is 11.1. The monoisotopic (exact) mass is 409 g/mol. The van der Waals surface area contributed by atoms with Crippen LogP contribution in [0.3, 0.4) is 0 Å². The van der Waals surface area contributed by atoms with Crippen LogP contribution in [-0.4, -0.2) is 75.0 Å². The van der Waals surface area contributed by atoms with Gasteiger partial charge in [-0.25, -0.2) is 8.42 Å². The van der Waals surface area contributed by atoms with Crippen LogP contribution in [0.4, 0.5) is 0 Å². The van der Waals surface area contributed by atoms with E-state index in [0.29, 0.717) is 31.7 Å². The number of benzene rings is 1. The summed E-state index contributed by atoms with van der Waals surface area (Å²) < 4.78 is 31.1. The van der Waals surface area contributed by atoms with E-state index in [9.17, 15) is 18.0 Å². The van der Waals surface area contributed by atoms with E-state index in [1.54, 1.807) is 18.9 Å². The van der Waals surface area contributed by atoms with Crippen LogP contribution in [0.25, 0.3) is 0 Å². The lowest BCUT2D eigenvalue weighted by atomic mass is 9.74. The minimum Gasteiger partial charge on any atom is -0.497 e. The summed E-state index contributed by atoms with van der Waals surface area (Å²) in [6.45, 7) is 2.91. The molecule has 8 nitrogen and oxygen atoms in total. The second-order valence-corrected chi connectivity index (χ2v) is 9.67. The predicted octanol–water partition coefficient (Wildman–Crippen LogP) is 0.238. The third kappa shape index (κ3) is 4.15. The van der Waals surface area contributed by atoms with Gasteiger partial charge in [0.05, 0.1) is 24.8 Å². The first-order chi connectivity index (χ1) is 13.3. The Labute approximate surface area is 165 Å². The molecule has 3 rings (SSSR count). The molecule has 2 aliphatic heterocycles. The lowest BCUT2D eigenvalue weighted by Crippen LogP contribution is -2.66. The fourth-order valence-corrected chi connectivity index (χ4v) is 5.07. The third-order valence-electron chi connectivity index (χ3n) is 5.40. The van der Waals surface area contributed by atoms with E-state index in [2.05, 4.69) is 5.32 Å². The molecule has 0 aromatic heterocycles.